The van der Waals surface area contributed by atoms with Gasteiger partial charge in [-0.25, -0.2) is 5.32 Å². The van der Waals surface area contributed by atoms with Gasteiger partial charge in [0.05, 0.1) is 7.11 Å². The fraction of sp³-hybridized carbons (Fsp3) is 0.0455. The molecule has 0 radical (unpaired) electrons. The van der Waals surface area contributed by atoms with Gasteiger partial charge in [-0.15, -0.1) is 0 Å². The van der Waals surface area contributed by atoms with E-state index in [1.165, 1.54) is 0 Å². The van der Waals surface area contributed by atoms with Crippen LogP contribution in [0.4, 0.5) is 10.8 Å². The van der Waals surface area contributed by atoms with Crippen LogP contribution in [0.5, 0.6) is 5.75 Å². The number of nitrogens with zero attached hydrogens (tertiary/aromatic N) is 1. The fourth-order valence-electron chi connectivity index (χ4n) is 2.93. The van der Waals surface area contributed by atoms with Crippen LogP contribution in [0.2, 0.25) is 0 Å². The van der Waals surface area contributed by atoms with Crippen LogP contribution in [0.25, 0.3) is 16.9 Å². The molecular formula is C22H17Br2N2OS+. The normalized spacial score (nSPS) is 10.7. The molecule has 0 atom stereocenters. The zero-order chi connectivity index (χ0) is 19.5. The van der Waals surface area contributed by atoms with Gasteiger partial charge in [-0.05, 0) is 60.7 Å². The topological polar surface area (TPSA) is 25.1 Å². The third-order valence-electron chi connectivity index (χ3n) is 4.25. The van der Waals surface area contributed by atoms with Gasteiger partial charge in [0.1, 0.15) is 17.1 Å². The van der Waals surface area contributed by atoms with E-state index in [1.54, 1.807) is 18.4 Å². The van der Waals surface area contributed by atoms with Gasteiger partial charge in [-0.3, -0.25) is 0 Å². The molecule has 4 rings (SSSR count). The predicted octanol–water partition coefficient (Wildman–Crippen LogP) is 6.97. The molecule has 3 aromatic carbocycles. The Balaban J connectivity index is 1.83. The van der Waals surface area contributed by atoms with E-state index in [2.05, 4.69) is 83.5 Å². The molecule has 0 aliphatic heterocycles. The molecule has 4 aromatic rings. The van der Waals surface area contributed by atoms with Crippen molar-refractivity contribution in [3.63, 3.8) is 0 Å². The largest absolute Gasteiger partial charge is 0.497 e. The highest BCUT2D eigenvalue weighted by molar-refractivity contribution is 9.10. The molecule has 6 heteroatoms. The molecular weight excluding hydrogens is 500 g/mol. The van der Waals surface area contributed by atoms with Crippen molar-refractivity contribution in [2.75, 3.05) is 12.4 Å². The van der Waals surface area contributed by atoms with Crippen molar-refractivity contribution in [2.24, 2.45) is 0 Å². The van der Waals surface area contributed by atoms with Crippen LogP contribution in [0.15, 0.2) is 87.1 Å². The Morgan fingerprint density at radius 2 is 1.61 bits per heavy atom. The summed E-state index contributed by atoms with van der Waals surface area (Å²) < 4.78 is 9.62. The number of methoxy groups -OCH3 is 1. The van der Waals surface area contributed by atoms with Crippen molar-refractivity contribution in [2.45, 2.75) is 0 Å². The quantitative estimate of drug-likeness (QED) is 0.290. The zero-order valence-corrected chi connectivity index (χ0v) is 19.0. The maximum absolute atomic E-state index is 5.30. The molecule has 3 nitrogen and oxygen atoms in total. The molecule has 28 heavy (non-hydrogen) atoms. The van der Waals surface area contributed by atoms with Crippen LogP contribution >= 0.6 is 43.2 Å². The monoisotopic (exact) mass is 515 g/mol. The van der Waals surface area contributed by atoms with E-state index >= 15 is 0 Å². The van der Waals surface area contributed by atoms with Crippen LogP contribution < -0.4 is 14.6 Å². The molecule has 0 saturated heterocycles. The van der Waals surface area contributed by atoms with Crippen LogP contribution in [-0.4, -0.2) is 7.11 Å². The molecule has 1 N–H and O–H groups in total. The van der Waals surface area contributed by atoms with Crippen LogP contribution in [0.3, 0.4) is 0 Å². The number of thiazole rings is 1. The van der Waals surface area contributed by atoms with Crippen LogP contribution in [0.1, 0.15) is 0 Å². The van der Waals surface area contributed by atoms with E-state index in [9.17, 15) is 0 Å². The summed E-state index contributed by atoms with van der Waals surface area (Å²) in [5.74, 6) is 0.848. The van der Waals surface area contributed by atoms with Crippen LogP contribution in [0, 0.1) is 0 Å². The van der Waals surface area contributed by atoms with E-state index in [1.807, 2.05) is 36.4 Å². The van der Waals surface area contributed by atoms with Gasteiger partial charge in [0.2, 0.25) is 0 Å². The lowest BCUT2D eigenvalue weighted by molar-refractivity contribution is -0.563. The maximum Gasteiger partial charge on any atom is 0.344 e. The van der Waals surface area contributed by atoms with Crippen molar-refractivity contribution in [3.8, 4) is 22.7 Å². The molecule has 1 heterocycles. The minimum absolute atomic E-state index is 0.848. The van der Waals surface area contributed by atoms with Gasteiger partial charge in [0, 0.05) is 19.9 Å². The molecule has 0 unspecified atom stereocenters. The molecule has 140 valence electrons. The van der Waals surface area contributed by atoms with E-state index in [-0.39, 0.29) is 0 Å². The highest BCUT2D eigenvalue weighted by Gasteiger charge is 2.22. The summed E-state index contributed by atoms with van der Waals surface area (Å²) in [5, 5.41) is 6.75. The van der Waals surface area contributed by atoms with Gasteiger partial charge in [-0.1, -0.05) is 55.3 Å². The lowest BCUT2D eigenvalue weighted by Crippen LogP contribution is -2.33. The lowest BCUT2D eigenvalue weighted by atomic mass is 10.1. The maximum atomic E-state index is 5.30. The van der Waals surface area contributed by atoms with Gasteiger partial charge >= 0.3 is 5.13 Å². The Bertz CT molecular complexity index is 1110. The van der Waals surface area contributed by atoms with E-state index in [0.29, 0.717) is 0 Å². The molecule has 0 saturated carbocycles. The molecule has 0 spiro atoms. The standard InChI is InChI=1S/C22H16Br2N2OS/c1-27-20-10-8-15(9-11-20)21-14-28-22(25-18-6-2-4-16(23)12-18)26(21)19-7-3-5-17(24)13-19/h2-14H,1H3/p+1. The summed E-state index contributed by atoms with van der Waals surface area (Å²) in [6.07, 6.45) is 0. The average Bonchev–Trinajstić information content (AvgIpc) is 3.11. The zero-order valence-electron chi connectivity index (χ0n) is 15.0. The minimum atomic E-state index is 0.848. The number of hydrogen-bond donors (Lipinski definition) is 1. The minimum Gasteiger partial charge on any atom is -0.497 e. The fourth-order valence-corrected chi connectivity index (χ4v) is 4.67. The summed E-state index contributed by atoms with van der Waals surface area (Å²) >= 11 is 8.81. The van der Waals surface area contributed by atoms with E-state index < -0.39 is 0 Å². The first-order valence-corrected chi connectivity index (χ1v) is 11.1. The highest BCUT2D eigenvalue weighted by atomic mass is 79.9. The predicted molar refractivity (Wildman–Crippen MR) is 123 cm³/mol. The third kappa shape index (κ3) is 4.14. The summed E-state index contributed by atoms with van der Waals surface area (Å²) in [4.78, 5) is 0. The Morgan fingerprint density at radius 3 is 2.29 bits per heavy atom. The molecule has 1 aromatic heterocycles. The highest BCUT2D eigenvalue weighted by Crippen LogP contribution is 2.30. The Hall–Kier alpha value is -2.15. The Morgan fingerprint density at radius 1 is 0.893 bits per heavy atom. The number of rotatable bonds is 5. The molecule has 0 aliphatic carbocycles. The number of halogens is 2. The number of ether oxygens (including phenoxy) is 1. The molecule has 0 aliphatic rings. The van der Waals surface area contributed by atoms with Crippen molar-refractivity contribution in [3.05, 3.63) is 87.1 Å². The second-order valence-electron chi connectivity index (χ2n) is 6.11. The smallest absolute Gasteiger partial charge is 0.344 e. The van der Waals surface area contributed by atoms with Crippen molar-refractivity contribution in [1.82, 2.24) is 0 Å². The molecule has 0 bridgehead atoms. The number of benzene rings is 3. The Labute approximate surface area is 184 Å². The van der Waals surface area contributed by atoms with Gasteiger partial charge < -0.3 is 4.74 Å². The van der Waals surface area contributed by atoms with Gasteiger partial charge in [0.15, 0.2) is 5.69 Å². The second kappa shape index (κ2) is 8.47. The average molecular weight is 517 g/mol. The van der Waals surface area contributed by atoms with Crippen molar-refractivity contribution in [1.29, 1.82) is 0 Å². The lowest BCUT2D eigenvalue weighted by Gasteiger charge is -2.07. The van der Waals surface area contributed by atoms with E-state index in [4.69, 9.17) is 4.74 Å². The van der Waals surface area contributed by atoms with E-state index in [0.717, 1.165) is 42.5 Å². The number of anilines is 2. The van der Waals surface area contributed by atoms with Gasteiger partial charge in [-0.2, -0.15) is 4.57 Å². The summed E-state index contributed by atoms with van der Waals surface area (Å²) in [7, 11) is 1.68. The second-order valence-corrected chi connectivity index (χ2v) is 8.79. The van der Waals surface area contributed by atoms with Crippen molar-refractivity contribution < 1.29 is 9.30 Å². The number of aromatic nitrogens is 1. The first-order chi connectivity index (χ1) is 13.6. The van der Waals surface area contributed by atoms with Gasteiger partial charge in [0.25, 0.3) is 0 Å². The summed E-state index contributed by atoms with van der Waals surface area (Å²) in [6, 6.07) is 24.6. The molecule has 0 fully saturated rings. The van der Waals surface area contributed by atoms with Crippen LogP contribution in [-0.2, 0) is 0 Å². The van der Waals surface area contributed by atoms with Crippen molar-refractivity contribution >= 4 is 54.0 Å². The number of nitrogens with one attached hydrogen (secondary N) is 1. The SMILES string of the molecule is COc1ccc(-c2csc(Nc3cccc(Br)c3)[n+]2-c2cccc(Br)c2)cc1. The summed E-state index contributed by atoms with van der Waals surface area (Å²) in [5.41, 5.74) is 4.35. The first kappa shape index (κ1) is 19.2. The number of hydrogen-bond acceptors (Lipinski definition) is 3. The third-order valence-corrected chi connectivity index (χ3v) is 6.09. The molecule has 0 amide bonds. The first-order valence-electron chi connectivity index (χ1n) is 8.60. The summed E-state index contributed by atoms with van der Waals surface area (Å²) in [6.45, 7) is 0. The Kier molecular flexibility index (Phi) is 5.80.